The van der Waals surface area contributed by atoms with Crippen molar-refractivity contribution in [3.63, 3.8) is 0 Å². The lowest BCUT2D eigenvalue weighted by molar-refractivity contribution is -0.119. The summed E-state index contributed by atoms with van der Waals surface area (Å²) in [4.78, 5) is 42.7. The molecule has 2 amide bonds. The number of esters is 1. The molecule has 3 rings (SSSR count). The molecule has 172 valence electrons. The maximum absolute atomic E-state index is 12.2. The molecular weight excluding hydrogens is 448 g/mol. The van der Waals surface area contributed by atoms with E-state index in [2.05, 4.69) is 15.3 Å². The highest BCUT2D eigenvalue weighted by atomic mass is 32.2. The zero-order valence-electron chi connectivity index (χ0n) is 18.1. The number of amides is 2. The molecule has 10 nitrogen and oxygen atoms in total. The predicted octanol–water partition coefficient (Wildman–Crippen LogP) is 2.31. The van der Waals surface area contributed by atoms with Crippen LogP contribution in [0.3, 0.4) is 0 Å². The largest absolute Gasteiger partial charge is 0.452 e. The van der Waals surface area contributed by atoms with Crippen molar-refractivity contribution in [2.45, 2.75) is 25.7 Å². The van der Waals surface area contributed by atoms with Crippen LogP contribution in [0.5, 0.6) is 0 Å². The minimum Gasteiger partial charge on any atom is -0.452 e. The molecule has 0 fully saturated rings. The Morgan fingerprint density at radius 1 is 1.00 bits per heavy atom. The van der Waals surface area contributed by atoms with Gasteiger partial charge in [-0.3, -0.25) is 9.59 Å². The summed E-state index contributed by atoms with van der Waals surface area (Å²) in [5, 5.41) is 2.50. The van der Waals surface area contributed by atoms with Gasteiger partial charge in [-0.05, 0) is 50.2 Å². The monoisotopic (exact) mass is 470 g/mol. The molecule has 3 aromatic rings. The van der Waals surface area contributed by atoms with Crippen LogP contribution >= 0.6 is 0 Å². The number of aromatic nitrogens is 2. The number of sulfonamides is 1. The highest BCUT2D eigenvalue weighted by molar-refractivity contribution is 7.90. The first-order valence-electron chi connectivity index (χ1n) is 9.79. The Balaban J connectivity index is 1.54. The molecule has 33 heavy (non-hydrogen) atoms. The highest BCUT2D eigenvalue weighted by Crippen LogP contribution is 2.19. The first-order chi connectivity index (χ1) is 15.5. The number of carbonyl (C=O) groups excluding carboxylic acids is 3. The molecule has 1 heterocycles. The van der Waals surface area contributed by atoms with Gasteiger partial charge in [0.1, 0.15) is 5.82 Å². The number of ether oxygens (including phenoxy) is 1. The van der Waals surface area contributed by atoms with E-state index >= 15 is 0 Å². The molecule has 0 saturated heterocycles. The lowest BCUT2D eigenvalue weighted by Crippen LogP contribution is -2.28. The molecule has 0 unspecified atom stereocenters. The fraction of sp³-hybridized carbons (Fsp3) is 0.182. The third-order valence-electron chi connectivity index (χ3n) is 4.58. The first-order valence-corrected chi connectivity index (χ1v) is 11.3. The normalized spacial score (nSPS) is 11.0. The molecule has 0 aliphatic rings. The molecule has 0 aliphatic carbocycles. The lowest BCUT2D eigenvalue weighted by Gasteiger charge is -2.08. The topological polar surface area (TPSA) is 147 Å². The predicted molar refractivity (Wildman–Crippen MR) is 120 cm³/mol. The van der Waals surface area contributed by atoms with Crippen LogP contribution in [0.4, 0.5) is 5.69 Å². The number of nitrogens with zero attached hydrogens (tertiary/aromatic N) is 1. The zero-order valence-corrected chi connectivity index (χ0v) is 18.9. The summed E-state index contributed by atoms with van der Waals surface area (Å²) in [6.07, 6.45) is 0. The SMILES string of the molecule is CC(=O)NS(=O)(=O)c1ccc(NC(=O)COC(=O)c2ccc(-c3nc(C)c(C)[nH]3)cc2)cc1. The number of H-pyrrole nitrogens is 1. The van der Waals surface area contributed by atoms with Gasteiger partial charge in [0.2, 0.25) is 5.91 Å². The van der Waals surface area contributed by atoms with Gasteiger partial charge in [0.25, 0.3) is 15.9 Å². The fourth-order valence-corrected chi connectivity index (χ4v) is 3.82. The smallest absolute Gasteiger partial charge is 0.338 e. The average molecular weight is 471 g/mol. The molecule has 0 bridgehead atoms. The van der Waals surface area contributed by atoms with Crippen molar-refractivity contribution >= 4 is 33.5 Å². The van der Waals surface area contributed by atoms with E-state index in [4.69, 9.17) is 4.74 Å². The van der Waals surface area contributed by atoms with Crippen molar-refractivity contribution in [1.82, 2.24) is 14.7 Å². The van der Waals surface area contributed by atoms with Crippen LogP contribution in [0.25, 0.3) is 11.4 Å². The number of rotatable bonds is 7. The van der Waals surface area contributed by atoms with Crippen molar-refractivity contribution < 1.29 is 27.5 Å². The van der Waals surface area contributed by atoms with Gasteiger partial charge in [-0.1, -0.05) is 12.1 Å². The standard InChI is InChI=1S/C22H22N4O6S/c1-13-14(2)24-21(23-13)16-4-6-17(7-5-16)22(29)32-12-20(28)25-18-8-10-19(11-9-18)33(30,31)26-15(3)27/h4-11H,12H2,1-3H3,(H,23,24)(H,25,28)(H,26,27). The summed E-state index contributed by atoms with van der Waals surface area (Å²) in [5.41, 5.74) is 3.24. The summed E-state index contributed by atoms with van der Waals surface area (Å²) < 4.78 is 30.7. The van der Waals surface area contributed by atoms with Gasteiger partial charge in [0.15, 0.2) is 6.61 Å². The number of anilines is 1. The molecule has 2 aromatic carbocycles. The van der Waals surface area contributed by atoms with Gasteiger partial charge >= 0.3 is 5.97 Å². The van der Waals surface area contributed by atoms with E-state index in [1.54, 1.807) is 24.3 Å². The highest BCUT2D eigenvalue weighted by Gasteiger charge is 2.16. The van der Waals surface area contributed by atoms with E-state index in [1.165, 1.54) is 24.3 Å². The second-order valence-electron chi connectivity index (χ2n) is 7.18. The maximum Gasteiger partial charge on any atom is 0.338 e. The minimum absolute atomic E-state index is 0.134. The molecule has 0 aliphatic heterocycles. The number of hydrogen-bond donors (Lipinski definition) is 3. The van der Waals surface area contributed by atoms with E-state index in [0.29, 0.717) is 11.5 Å². The third kappa shape index (κ3) is 6.04. The summed E-state index contributed by atoms with van der Waals surface area (Å²) in [6.45, 7) is 4.38. The Morgan fingerprint density at radius 2 is 1.64 bits per heavy atom. The van der Waals surface area contributed by atoms with Crippen LogP contribution in [-0.4, -0.2) is 42.8 Å². The Labute approximate surface area is 190 Å². The van der Waals surface area contributed by atoms with Crippen molar-refractivity contribution in [3.8, 4) is 11.4 Å². The number of carbonyl (C=O) groups is 3. The Morgan fingerprint density at radius 3 is 2.18 bits per heavy atom. The first kappa shape index (κ1) is 23.7. The summed E-state index contributed by atoms with van der Waals surface area (Å²) >= 11 is 0. The second-order valence-corrected chi connectivity index (χ2v) is 8.87. The van der Waals surface area contributed by atoms with E-state index < -0.39 is 34.4 Å². The Kier molecular flexibility index (Phi) is 6.92. The quantitative estimate of drug-likeness (QED) is 0.449. The number of hydrogen-bond acceptors (Lipinski definition) is 7. The fourth-order valence-electron chi connectivity index (χ4n) is 2.83. The van der Waals surface area contributed by atoms with Gasteiger partial charge < -0.3 is 15.0 Å². The van der Waals surface area contributed by atoms with Gasteiger partial charge in [-0.15, -0.1) is 0 Å². The van der Waals surface area contributed by atoms with Gasteiger partial charge in [-0.2, -0.15) is 0 Å². The number of aromatic amines is 1. The molecule has 3 N–H and O–H groups in total. The molecule has 0 spiro atoms. The number of nitrogens with one attached hydrogen (secondary N) is 3. The van der Waals surface area contributed by atoms with Crippen LogP contribution < -0.4 is 10.0 Å². The number of benzene rings is 2. The van der Waals surface area contributed by atoms with Crippen LogP contribution in [0, 0.1) is 13.8 Å². The lowest BCUT2D eigenvalue weighted by atomic mass is 10.1. The average Bonchev–Trinajstić information content (AvgIpc) is 3.10. The van der Waals surface area contributed by atoms with Crippen molar-refractivity contribution in [2.75, 3.05) is 11.9 Å². The molecular formula is C22H22N4O6S. The number of aryl methyl sites for hydroxylation is 2. The molecule has 0 atom stereocenters. The van der Waals surface area contributed by atoms with Crippen LogP contribution in [0.15, 0.2) is 53.4 Å². The van der Waals surface area contributed by atoms with Crippen LogP contribution in [-0.2, 0) is 24.3 Å². The van der Waals surface area contributed by atoms with E-state index in [0.717, 1.165) is 23.9 Å². The van der Waals surface area contributed by atoms with E-state index in [9.17, 15) is 22.8 Å². The summed E-state index contributed by atoms with van der Waals surface area (Å²) in [7, 11) is -3.97. The van der Waals surface area contributed by atoms with E-state index in [-0.39, 0.29) is 10.5 Å². The Bertz CT molecular complexity index is 1280. The molecule has 0 saturated carbocycles. The zero-order chi connectivity index (χ0) is 24.2. The van der Waals surface area contributed by atoms with Crippen LogP contribution in [0.2, 0.25) is 0 Å². The molecule has 11 heteroatoms. The van der Waals surface area contributed by atoms with Gasteiger partial charge in [0, 0.05) is 23.9 Å². The minimum atomic E-state index is -3.97. The summed E-state index contributed by atoms with van der Waals surface area (Å²) in [5.74, 6) is -1.28. The van der Waals surface area contributed by atoms with Crippen molar-refractivity contribution in [1.29, 1.82) is 0 Å². The maximum atomic E-state index is 12.2. The summed E-state index contributed by atoms with van der Waals surface area (Å²) in [6, 6.07) is 11.8. The molecule has 1 aromatic heterocycles. The van der Waals surface area contributed by atoms with Gasteiger partial charge in [-0.25, -0.2) is 22.9 Å². The van der Waals surface area contributed by atoms with Crippen LogP contribution in [0.1, 0.15) is 28.7 Å². The van der Waals surface area contributed by atoms with Crippen molar-refractivity contribution in [2.24, 2.45) is 0 Å². The Hall–Kier alpha value is -3.99. The van der Waals surface area contributed by atoms with Gasteiger partial charge in [0.05, 0.1) is 16.2 Å². The molecule has 0 radical (unpaired) electrons. The van der Waals surface area contributed by atoms with E-state index in [1.807, 2.05) is 18.6 Å². The number of imidazole rings is 1. The third-order valence-corrected chi connectivity index (χ3v) is 6.03. The van der Waals surface area contributed by atoms with Crippen molar-refractivity contribution in [3.05, 3.63) is 65.5 Å². The second kappa shape index (κ2) is 9.65.